The number of nitrogens with two attached hydrogens (primary N) is 1. The molecule has 0 radical (unpaired) electrons. The molecule has 0 saturated heterocycles. The lowest BCUT2D eigenvalue weighted by atomic mass is 10.1. The maximum Gasteiger partial charge on any atom is 0.472 e. The molecule has 5 N–H and O–H groups in total. The number of phosphoric acid groups is 1. The van der Waals surface area contributed by atoms with Crippen LogP contribution in [-0.4, -0.2) is 71.1 Å². The maximum atomic E-state index is 12.6. The molecule has 344 valence electrons. The fraction of sp³-hybridized carbons (Fsp3) is 0.562. The third-order valence-electron chi connectivity index (χ3n) is 8.67. The van der Waals surface area contributed by atoms with E-state index in [0.717, 1.165) is 89.9 Å². The number of rotatable bonds is 39. The Morgan fingerprint density at radius 3 is 1.51 bits per heavy atom. The van der Waals surface area contributed by atoms with Crippen molar-refractivity contribution in [2.75, 3.05) is 19.8 Å². The average Bonchev–Trinajstić information content (AvgIpc) is 3.24. The van der Waals surface area contributed by atoms with Crippen molar-refractivity contribution in [3.05, 3.63) is 109 Å². The van der Waals surface area contributed by atoms with Gasteiger partial charge in [0, 0.05) is 12.8 Å². The van der Waals surface area contributed by atoms with Gasteiger partial charge in [-0.2, -0.15) is 0 Å². The summed E-state index contributed by atoms with van der Waals surface area (Å²) in [5, 5.41) is 18.5. The fourth-order valence-electron chi connectivity index (χ4n) is 5.06. The van der Waals surface area contributed by atoms with Gasteiger partial charge in [-0.1, -0.05) is 130 Å². The average molecular weight is 874 g/mol. The van der Waals surface area contributed by atoms with Gasteiger partial charge in [-0.05, 0) is 103 Å². The van der Waals surface area contributed by atoms with Crippen molar-refractivity contribution in [2.24, 2.45) is 5.73 Å². The molecule has 0 aromatic rings. The van der Waals surface area contributed by atoms with Crippen LogP contribution < -0.4 is 5.73 Å². The van der Waals surface area contributed by atoms with Crippen molar-refractivity contribution < 1.29 is 52.6 Å². The van der Waals surface area contributed by atoms with Crippen LogP contribution >= 0.6 is 7.82 Å². The summed E-state index contributed by atoms with van der Waals surface area (Å²) in [4.78, 5) is 46.0. The monoisotopic (exact) mass is 874 g/mol. The molecule has 0 fully saturated rings. The number of carboxylic acids is 1. The number of carbonyl (C=O) groups is 3. The summed E-state index contributed by atoms with van der Waals surface area (Å²) in [5.41, 5.74) is 5.32. The zero-order chi connectivity index (χ0) is 45.1. The Balaban J connectivity index is 4.55. The van der Waals surface area contributed by atoms with Crippen LogP contribution in [0.3, 0.4) is 0 Å². The SMILES string of the molecule is CC/C=C\C/C=C\C/C=C\C/C=C\C/C=C\CCCCCC(=O)OC[C@H](COP(=O)(O)OC[C@H](N)C(=O)O)OC(=O)CCC/C=C\C/C=C\C/C=C\C/C=C\CC[C@H](O)CC. The van der Waals surface area contributed by atoms with Gasteiger partial charge in [0.25, 0.3) is 0 Å². The van der Waals surface area contributed by atoms with E-state index in [-0.39, 0.29) is 18.9 Å². The quantitative estimate of drug-likeness (QED) is 0.0198. The maximum absolute atomic E-state index is 12.6. The van der Waals surface area contributed by atoms with E-state index in [1.165, 1.54) is 0 Å². The second-order valence-electron chi connectivity index (χ2n) is 14.2. The molecule has 0 aliphatic carbocycles. The van der Waals surface area contributed by atoms with Crippen LogP contribution in [0.2, 0.25) is 0 Å². The molecule has 12 nitrogen and oxygen atoms in total. The Morgan fingerprint density at radius 2 is 1.02 bits per heavy atom. The summed E-state index contributed by atoms with van der Waals surface area (Å²) in [6.45, 7) is 2.29. The zero-order valence-corrected chi connectivity index (χ0v) is 37.7. The topological polar surface area (TPSA) is 192 Å². The number of carboxylic acid groups (broad SMARTS) is 1. The molecule has 0 aliphatic rings. The molecule has 0 bridgehead atoms. The van der Waals surface area contributed by atoms with E-state index in [1.807, 2.05) is 19.1 Å². The second-order valence-corrected chi connectivity index (χ2v) is 15.7. The highest BCUT2D eigenvalue weighted by Gasteiger charge is 2.28. The molecule has 0 aromatic carbocycles. The number of carbonyl (C=O) groups excluding carboxylic acids is 2. The van der Waals surface area contributed by atoms with E-state index in [0.29, 0.717) is 19.3 Å². The lowest BCUT2D eigenvalue weighted by Gasteiger charge is -2.20. The zero-order valence-electron chi connectivity index (χ0n) is 36.8. The van der Waals surface area contributed by atoms with E-state index in [2.05, 4.69) is 109 Å². The van der Waals surface area contributed by atoms with Gasteiger partial charge in [-0.3, -0.25) is 23.4 Å². The highest BCUT2D eigenvalue weighted by molar-refractivity contribution is 7.47. The predicted molar refractivity (Wildman–Crippen MR) is 246 cm³/mol. The molecule has 0 spiro atoms. The van der Waals surface area contributed by atoms with Gasteiger partial charge in [-0.25, -0.2) is 4.57 Å². The van der Waals surface area contributed by atoms with E-state index < -0.39 is 57.7 Å². The fourth-order valence-corrected chi connectivity index (χ4v) is 5.84. The van der Waals surface area contributed by atoms with Crippen LogP contribution in [0.5, 0.6) is 0 Å². The molecule has 0 saturated carbocycles. The first-order chi connectivity index (χ1) is 29.5. The number of aliphatic hydroxyl groups excluding tert-OH is 1. The summed E-state index contributed by atoms with van der Waals surface area (Å²) in [7, 11) is -4.76. The lowest BCUT2D eigenvalue weighted by molar-refractivity contribution is -0.161. The number of allylic oxidation sites excluding steroid dienone is 18. The van der Waals surface area contributed by atoms with Crippen LogP contribution in [0, 0.1) is 0 Å². The minimum absolute atomic E-state index is 0.0572. The molecule has 1 unspecified atom stereocenters. The van der Waals surface area contributed by atoms with Gasteiger partial charge in [0.15, 0.2) is 6.10 Å². The Labute approximate surface area is 366 Å². The molecule has 61 heavy (non-hydrogen) atoms. The second kappa shape index (κ2) is 41.5. The number of phosphoric ester groups is 1. The summed E-state index contributed by atoms with van der Waals surface area (Å²) < 4.78 is 32.6. The first-order valence-electron chi connectivity index (χ1n) is 22.0. The Morgan fingerprint density at radius 1 is 0.574 bits per heavy atom. The molecular formula is C48H76NO11P. The number of esters is 2. The highest BCUT2D eigenvalue weighted by Crippen LogP contribution is 2.43. The summed E-state index contributed by atoms with van der Waals surface area (Å²) >= 11 is 0. The third kappa shape index (κ3) is 41.2. The van der Waals surface area contributed by atoms with Crippen LogP contribution in [0.4, 0.5) is 0 Å². The van der Waals surface area contributed by atoms with Gasteiger partial charge < -0.3 is 30.3 Å². The first-order valence-corrected chi connectivity index (χ1v) is 23.5. The van der Waals surface area contributed by atoms with Gasteiger partial charge in [0.1, 0.15) is 12.6 Å². The molecule has 13 heteroatoms. The summed E-state index contributed by atoms with van der Waals surface area (Å²) in [6.07, 6.45) is 51.0. The molecule has 0 heterocycles. The third-order valence-corrected chi connectivity index (χ3v) is 9.62. The normalized spacial score (nSPS) is 15.2. The van der Waals surface area contributed by atoms with Crippen LogP contribution in [0.1, 0.15) is 136 Å². The Hall–Kier alpha value is -3.90. The highest BCUT2D eigenvalue weighted by atomic mass is 31.2. The smallest absolute Gasteiger partial charge is 0.472 e. The van der Waals surface area contributed by atoms with Crippen molar-refractivity contribution >= 4 is 25.7 Å². The Bertz CT molecular complexity index is 1460. The first kappa shape index (κ1) is 57.1. The standard InChI is InChI=1S/C48H76NO11P/c1-3-5-6-7-8-9-10-11-12-13-14-15-16-20-23-26-29-32-35-38-46(51)57-40-44(41-58-61(55,56)59-42-45(49)48(53)54)60-47(52)39-36-33-30-27-24-21-18-17-19-22-25-28-31-34-37-43(50)4-2/h5-6,8-9,11-12,14-15,18-23,27-28,30-31,43-45,50H,3-4,7,10,13,16-17,24-26,29,32-42,49H2,1-2H3,(H,53,54)(H,55,56)/b6-5-,9-8-,12-11-,15-14-,21-18-,22-19-,23-20-,30-27-,31-28-/t43-,44-,45+/m1/s1. The van der Waals surface area contributed by atoms with E-state index in [4.69, 9.17) is 24.8 Å². The molecule has 0 amide bonds. The Kier molecular flexibility index (Phi) is 38.8. The van der Waals surface area contributed by atoms with Crippen molar-refractivity contribution in [3.8, 4) is 0 Å². The van der Waals surface area contributed by atoms with Crippen molar-refractivity contribution in [1.82, 2.24) is 0 Å². The molecule has 4 atom stereocenters. The number of unbranched alkanes of at least 4 members (excludes halogenated alkanes) is 4. The molecule has 0 rings (SSSR count). The number of ether oxygens (including phenoxy) is 2. The van der Waals surface area contributed by atoms with Gasteiger partial charge >= 0.3 is 25.7 Å². The predicted octanol–water partition coefficient (Wildman–Crippen LogP) is 10.8. The minimum atomic E-state index is -4.76. The van der Waals surface area contributed by atoms with Crippen LogP contribution in [0.15, 0.2) is 109 Å². The summed E-state index contributed by atoms with van der Waals surface area (Å²) in [6, 6.07) is -1.55. The largest absolute Gasteiger partial charge is 0.480 e. The van der Waals surface area contributed by atoms with E-state index in [1.54, 1.807) is 0 Å². The van der Waals surface area contributed by atoms with E-state index in [9.17, 15) is 28.9 Å². The lowest BCUT2D eigenvalue weighted by Crippen LogP contribution is -2.34. The van der Waals surface area contributed by atoms with Crippen molar-refractivity contribution in [3.63, 3.8) is 0 Å². The van der Waals surface area contributed by atoms with Crippen molar-refractivity contribution in [2.45, 2.75) is 154 Å². The number of aliphatic carboxylic acids is 1. The minimum Gasteiger partial charge on any atom is -0.480 e. The number of hydrogen-bond donors (Lipinski definition) is 4. The van der Waals surface area contributed by atoms with Gasteiger partial charge in [0.05, 0.1) is 19.3 Å². The van der Waals surface area contributed by atoms with Crippen molar-refractivity contribution in [1.29, 1.82) is 0 Å². The van der Waals surface area contributed by atoms with Gasteiger partial charge in [-0.15, -0.1) is 0 Å². The van der Waals surface area contributed by atoms with Gasteiger partial charge in [0.2, 0.25) is 0 Å². The molecular weight excluding hydrogens is 797 g/mol. The number of hydrogen-bond acceptors (Lipinski definition) is 10. The molecule has 0 aliphatic heterocycles. The number of aliphatic hydroxyl groups is 1. The van der Waals surface area contributed by atoms with E-state index >= 15 is 0 Å². The summed E-state index contributed by atoms with van der Waals surface area (Å²) in [5.74, 6) is -2.53. The van der Waals surface area contributed by atoms with Crippen LogP contribution in [-0.2, 0) is 37.5 Å². The molecule has 0 aromatic heterocycles. The van der Waals surface area contributed by atoms with Crippen LogP contribution in [0.25, 0.3) is 0 Å².